The zero-order valence-electron chi connectivity index (χ0n) is 7.06. The molecule has 2 aromatic rings. The number of nitriles is 1. The molecule has 0 atom stereocenters. The van der Waals surface area contributed by atoms with Crippen molar-refractivity contribution < 1.29 is 4.74 Å². The molecular formula is C9H7N3O. The number of nitrogens with zero attached hydrogens (tertiary/aromatic N) is 3. The fraction of sp³-hybridized carbons (Fsp3) is 0.111. The smallest absolute Gasteiger partial charge is 0.251 e. The van der Waals surface area contributed by atoms with E-state index < -0.39 is 0 Å². The van der Waals surface area contributed by atoms with Crippen molar-refractivity contribution in [3.63, 3.8) is 0 Å². The Hall–Kier alpha value is -2.02. The highest BCUT2D eigenvalue weighted by molar-refractivity contribution is 5.64. The average Bonchev–Trinajstić information content (AvgIpc) is 2.55. The number of methoxy groups -OCH3 is 1. The highest BCUT2D eigenvalue weighted by Crippen LogP contribution is 2.20. The molecule has 0 fully saturated rings. The van der Waals surface area contributed by atoms with Crippen molar-refractivity contribution in [2.45, 2.75) is 0 Å². The van der Waals surface area contributed by atoms with Crippen LogP contribution in [0.5, 0.6) is 5.88 Å². The van der Waals surface area contributed by atoms with E-state index in [1.54, 1.807) is 10.7 Å². The van der Waals surface area contributed by atoms with Gasteiger partial charge in [-0.25, -0.2) is 4.52 Å². The van der Waals surface area contributed by atoms with Crippen LogP contribution in [0.3, 0.4) is 0 Å². The lowest BCUT2D eigenvalue weighted by Crippen LogP contribution is -1.86. The summed E-state index contributed by atoms with van der Waals surface area (Å²) in [5.41, 5.74) is 1.24. The molecule has 13 heavy (non-hydrogen) atoms. The molecule has 2 heterocycles. The summed E-state index contributed by atoms with van der Waals surface area (Å²) in [4.78, 5) is 0. The quantitative estimate of drug-likeness (QED) is 0.651. The fourth-order valence-corrected chi connectivity index (χ4v) is 1.23. The zero-order chi connectivity index (χ0) is 9.26. The normalized spacial score (nSPS) is 9.85. The van der Waals surface area contributed by atoms with Gasteiger partial charge in [0.25, 0.3) is 5.88 Å². The van der Waals surface area contributed by atoms with E-state index in [1.807, 2.05) is 18.2 Å². The first-order valence-corrected chi connectivity index (χ1v) is 3.78. The summed E-state index contributed by atoms with van der Waals surface area (Å²) in [5, 5.41) is 12.9. The number of ether oxygens (including phenoxy) is 1. The van der Waals surface area contributed by atoms with Gasteiger partial charge in [-0.05, 0) is 12.1 Å². The Balaban J connectivity index is 2.83. The lowest BCUT2D eigenvalue weighted by atomic mass is 10.3. The first-order valence-electron chi connectivity index (χ1n) is 3.78. The molecule has 2 rings (SSSR count). The van der Waals surface area contributed by atoms with Gasteiger partial charge in [0.05, 0.1) is 12.6 Å². The average molecular weight is 173 g/mol. The topological polar surface area (TPSA) is 50.3 Å². The maximum absolute atomic E-state index is 8.85. The van der Waals surface area contributed by atoms with Crippen LogP contribution in [0.1, 0.15) is 5.56 Å². The molecule has 4 heteroatoms. The molecule has 0 aliphatic rings. The molecule has 0 amide bonds. The van der Waals surface area contributed by atoms with Crippen LogP contribution in [0.15, 0.2) is 24.4 Å². The van der Waals surface area contributed by atoms with E-state index in [9.17, 15) is 0 Å². The Morgan fingerprint density at radius 3 is 3.08 bits per heavy atom. The largest absolute Gasteiger partial charge is 0.479 e. The van der Waals surface area contributed by atoms with Gasteiger partial charge in [0.1, 0.15) is 11.6 Å². The summed E-state index contributed by atoms with van der Waals surface area (Å²) in [5.74, 6) is 0.369. The first-order chi connectivity index (χ1) is 6.36. The van der Waals surface area contributed by atoms with Crippen LogP contribution in [-0.2, 0) is 0 Å². The minimum absolute atomic E-state index is 0.369. The maximum Gasteiger partial charge on any atom is 0.251 e. The van der Waals surface area contributed by atoms with Gasteiger partial charge in [0.15, 0.2) is 0 Å². The van der Waals surface area contributed by atoms with Gasteiger partial charge in [0.2, 0.25) is 0 Å². The summed E-state index contributed by atoms with van der Waals surface area (Å²) in [6.07, 6.45) is 1.78. The van der Waals surface area contributed by atoms with Crippen molar-refractivity contribution in [1.29, 1.82) is 5.26 Å². The molecule has 0 bridgehead atoms. The van der Waals surface area contributed by atoms with E-state index in [0.717, 1.165) is 5.52 Å². The third kappa shape index (κ3) is 1.02. The van der Waals surface area contributed by atoms with E-state index in [2.05, 4.69) is 11.2 Å². The molecule has 0 N–H and O–H groups in total. The second-order valence-corrected chi connectivity index (χ2v) is 2.53. The van der Waals surface area contributed by atoms with Gasteiger partial charge in [0, 0.05) is 6.20 Å². The highest BCUT2D eigenvalue weighted by atomic mass is 16.5. The fourth-order valence-electron chi connectivity index (χ4n) is 1.23. The van der Waals surface area contributed by atoms with Gasteiger partial charge in [-0.15, -0.1) is 5.10 Å². The molecule has 0 unspecified atom stereocenters. The number of pyridine rings is 1. The van der Waals surface area contributed by atoms with Crippen LogP contribution >= 0.6 is 0 Å². The summed E-state index contributed by atoms with van der Waals surface area (Å²) in [6.45, 7) is 0. The van der Waals surface area contributed by atoms with Gasteiger partial charge in [-0.2, -0.15) is 5.26 Å². The van der Waals surface area contributed by atoms with E-state index in [1.165, 1.54) is 7.11 Å². The Kier molecular flexibility index (Phi) is 1.64. The molecule has 2 aromatic heterocycles. The summed E-state index contributed by atoms with van der Waals surface area (Å²) < 4.78 is 6.59. The Bertz CT molecular complexity index is 481. The Labute approximate surface area is 75.0 Å². The van der Waals surface area contributed by atoms with Crippen molar-refractivity contribution in [3.05, 3.63) is 30.0 Å². The molecular weight excluding hydrogens is 166 g/mol. The monoisotopic (exact) mass is 173 g/mol. The minimum Gasteiger partial charge on any atom is -0.479 e. The van der Waals surface area contributed by atoms with E-state index in [-0.39, 0.29) is 0 Å². The molecule has 0 aliphatic heterocycles. The first kappa shape index (κ1) is 7.62. The SMILES string of the molecule is COc1nn2ccccc2c1C#N. The Morgan fingerprint density at radius 1 is 1.54 bits per heavy atom. The summed E-state index contributed by atoms with van der Waals surface area (Å²) >= 11 is 0. The zero-order valence-corrected chi connectivity index (χ0v) is 7.06. The van der Waals surface area contributed by atoms with Crippen LogP contribution in [-0.4, -0.2) is 16.7 Å². The predicted molar refractivity (Wildman–Crippen MR) is 46.5 cm³/mol. The molecule has 0 saturated heterocycles. The molecule has 0 aromatic carbocycles. The molecule has 64 valence electrons. The lowest BCUT2D eigenvalue weighted by Gasteiger charge is -1.89. The molecule has 4 nitrogen and oxygen atoms in total. The third-order valence-electron chi connectivity index (χ3n) is 1.81. The minimum atomic E-state index is 0.369. The maximum atomic E-state index is 8.85. The van der Waals surface area contributed by atoms with E-state index >= 15 is 0 Å². The van der Waals surface area contributed by atoms with Crippen LogP contribution in [0.25, 0.3) is 5.52 Å². The second-order valence-electron chi connectivity index (χ2n) is 2.53. The van der Waals surface area contributed by atoms with Gasteiger partial charge in [-0.3, -0.25) is 0 Å². The summed E-state index contributed by atoms with van der Waals surface area (Å²) in [7, 11) is 1.50. The third-order valence-corrected chi connectivity index (χ3v) is 1.81. The van der Waals surface area contributed by atoms with E-state index in [0.29, 0.717) is 11.4 Å². The number of fused-ring (bicyclic) bond motifs is 1. The highest BCUT2D eigenvalue weighted by Gasteiger charge is 2.10. The predicted octanol–water partition coefficient (Wildman–Crippen LogP) is 1.21. The van der Waals surface area contributed by atoms with Gasteiger partial charge >= 0.3 is 0 Å². The number of hydrogen-bond donors (Lipinski definition) is 0. The van der Waals surface area contributed by atoms with Crippen LogP contribution in [0, 0.1) is 11.3 Å². The Morgan fingerprint density at radius 2 is 2.38 bits per heavy atom. The van der Waals surface area contributed by atoms with Crippen LogP contribution in [0.4, 0.5) is 0 Å². The van der Waals surface area contributed by atoms with E-state index in [4.69, 9.17) is 10.00 Å². The summed E-state index contributed by atoms with van der Waals surface area (Å²) in [6, 6.07) is 7.59. The molecule has 0 saturated carbocycles. The van der Waals surface area contributed by atoms with Crippen molar-refractivity contribution in [1.82, 2.24) is 9.61 Å². The van der Waals surface area contributed by atoms with Crippen molar-refractivity contribution in [3.8, 4) is 11.9 Å². The standard InChI is InChI=1S/C9H7N3O/c1-13-9-7(6-10)8-4-2-3-5-12(8)11-9/h2-5H,1H3. The lowest BCUT2D eigenvalue weighted by molar-refractivity contribution is 0.394. The number of aromatic nitrogens is 2. The molecule has 0 aliphatic carbocycles. The molecule has 0 radical (unpaired) electrons. The van der Waals surface area contributed by atoms with Crippen molar-refractivity contribution in [2.24, 2.45) is 0 Å². The number of hydrogen-bond acceptors (Lipinski definition) is 3. The van der Waals surface area contributed by atoms with Gasteiger partial charge in [-0.1, -0.05) is 6.07 Å². The van der Waals surface area contributed by atoms with Gasteiger partial charge < -0.3 is 4.74 Å². The second kappa shape index (κ2) is 2.79. The number of rotatable bonds is 1. The van der Waals surface area contributed by atoms with Crippen molar-refractivity contribution in [2.75, 3.05) is 7.11 Å². The van der Waals surface area contributed by atoms with Crippen LogP contribution in [0.2, 0.25) is 0 Å². The van der Waals surface area contributed by atoms with Crippen LogP contribution < -0.4 is 4.74 Å². The van der Waals surface area contributed by atoms with Crippen molar-refractivity contribution >= 4 is 5.52 Å². The molecule has 0 spiro atoms.